The van der Waals surface area contributed by atoms with Gasteiger partial charge in [0.25, 0.3) is 0 Å². The largest absolute Gasteiger partial charge is 0.350 e. The average molecular weight is 221 g/mol. The standard InChI is InChI=1S/C12H19N3O/c1-11(2)7-9(14-15-10(13)16)12(3)6-4-5-8(11)12/h4-5,8H,6-7H2,1-3H3,(H3,13,15,16)/b14-9-/t8-,12+/m1/s1. The van der Waals surface area contributed by atoms with Gasteiger partial charge in [0.05, 0.1) is 0 Å². The van der Waals surface area contributed by atoms with E-state index in [4.69, 9.17) is 5.73 Å². The molecule has 4 heteroatoms. The van der Waals surface area contributed by atoms with Crippen molar-refractivity contribution in [1.29, 1.82) is 0 Å². The number of rotatable bonds is 1. The van der Waals surface area contributed by atoms with Gasteiger partial charge in [-0.1, -0.05) is 32.9 Å². The first-order chi connectivity index (χ1) is 7.36. The van der Waals surface area contributed by atoms with Gasteiger partial charge in [-0.25, -0.2) is 10.2 Å². The maximum atomic E-state index is 10.7. The third kappa shape index (κ3) is 1.52. The average Bonchev–Trinajstić information content (AvgIpc) is 2.62. The molecule has 0 heterocycles. The van der Waals surface area contributed by atoms with Gasteiger partial charge in [0, 0.05) is 11.1 Å². The summed E-state index contributed by atoms with van der Waals surface area (Å²) in [6.45, 7) is 6.71. The highest BCUT2D eigenvalue weighted by Gasteiger charge is 2.54. The van der Waals surface area contributed by atoms with E-state index in [-0.39, 0.29) is 10.8 Å². The first-order valence-corrected chi connectivity index (χ1v) is 5.65. The normalized spacial score (nSPS) is 37.7. The van der Waals surface area contributed by atoms with Crippen molar-refractivity contribution in [3.8, 4) is 0 Å². The number of nitrogens with two attached hydrogens (primary N) is 1. The molecule has 0 radical (unpaired) electrons. The van der Waals surface area contributed by atoms with Crippen LogP contribution in [0.5, 0.6) is 0 Å². The summed E-state index contributed by atoms with van der Waals surface area (Å²) in [5, 5.41) is 4.18. The molecule has 0 aliphatic heterocycles. The Morgan fingerprint density at radius 2 is 2.25 bits per heavy atom. The second-order valence-corrected chi connectivity index (χ2v) is 5.73. The Kier molecular flexibility index (Phi) is 2.33. The Labute approximate surface area is 96.0 Å². The molecule has 2 atom stereocenters. The summed E-state index contributed by atoms with van der Waals surface area (Å²) >= 11 is 0. The zero-order valence-electron chi connectivity index (χ0n) is 10.1. The first-order valence-electron chi connectivity index (χ1n) is 5.65. The fourth-order valence-electron chi connectivity index (χ4n) is 3.24. The molecule has 0 unspecified atom stereocenters. The zero-order chi connectivity index (χ0) is 12.0. The molecule has 16 heavy (non-hydrogen) atoms. The molecule has 3 N–H and O–H groups in total. The van der Waals surface area contributed by atoms with E-state index in [1.807, 2.05) is 0 Å². The second-order valence-electron chi connectivity index (χ2n) is 5.73. The van der Waals surface area contributed by atoms with Crippen molar-refractivity contribution in [2.45, 2.75) is 33.6 Å². The molecule has 0 aromatic heterocycles. The molecule has 1 saturated carbocycles. The van der Waals surface area contributed by atoms with E-state index in [2.05, 4.69) is 43.5 Å². The van der Waals surface area contributed by atoms with Crippen molar-refractivity contribution in [3.05, 3.63) is 12.2 Å². The predicted molar refractivity (Wildman–Crippen MR) is 63.9 cm³/mol. The van der Waals surface area contributed by atoms with E-state index in [9.17, 15) is 4.79 Å². The lowest BCUT2D eigenvalue weighted by Gasteiger charge is -2.30. The van der Waals surface area contributed by atoms with Crippen LogP contribution in [0.2, 0.25) is 0 Å². The van der Waals surface area contributed by atoms with Gasteiger partial charge < -0.3 is 5.73 Å². The number of amides is 2. The third-order valence-corrected chi connectivity index (χ3v) is 3.98. The van der Waals surface area contributed by atoms with E-state index in [1.54, 1.807) is 0 Å². The topological polar surface area (TPSA) is 67.5 Å². The minimum atomic E-state index is -0.594. The molecule has 0 bridgehead atoms. The second kappa shape index (κ2) is 3.34. The number of hydrogen-bond donors (Lipinski definition) is 2. The highest BCUT2D eigenvalue weighted by atomic mass is 16.2. The lowest BCUT2D eigenvalue weighted by atomic mass is 9.73. The van der Waals surface area contributed by atoms with Crippen molar-refractivity contribution >= 4 is 11.7 Å². The molecule has 2 rings (SSSR count). The van der Waals surface area contributed by atoms with E-state index >= 15 is 0 Å². The molecule has 0 saturated heterocycles. The highest BCUT2D eigenvalue weighted by molar-refractivity contribution is 5.94. The maximum absolute atomic E-state index is 10.7. The van der Waals surface area contributed by atoms with Crippen LogP contribution in [0.3, 0.4) is 0 Å². The number of carbonyl (C=O) groups is 1. The van der Waals surface area contributed by atoms with Crippen molar-refractivity contribution < 1.29 is 4.79 Å². The van der Waals surface area contributed by atoms with Gasteiger partial charge in [0.1, 0.15) is 0 Å². The Hall–Kier alpha value is -1.32. The lowest BCUT2D eigenvalue weighted by Crippen LogP contribution is -2.31. The fourth-order valence-corrected chi connectivity index (χ4v) is 3.24. The lowest BCUT2D eigenvalue weighted by molar-refractivity contribution is 0.226. The number of nitrogens with one attached hydrogen (secondary N) is 1. The summed E-state index contributed by atoms with van der Waals surface area (Å²) in [4.78, 5) is 10.7. The minimum Gasteiger partial charge on any atom is -0.350 e. The molecule has 88 valence electrons. The number of nitrogens with zero attached hydrogens (tertiary/aromatic N) is 1. The quantitative estimate of drug-likeness (QED) is 0.516. The van der Waals surface area contributed by atoms with Gasteiger partial charge in [-0.05, 0) is 24.2 Å². The molecule has 0 aromatic carbocycles. The number of carbonyl (C=O) groups excluding carboxylic acids is 1. The fraction of sp³-hybridized carbons (Fsp3) is 0.667. The summed E-state index contributed by atoms with van der Waals surface area (Å²) < 4.78 is 0. The van der Waals surface area contributed by atoms with Crippen molar-refractivity contribution in [2.75, 3.05) is 0 Å². The number of primary amides is 1. The van der Waals surface area contributed by atoms with Gasteiger partial charge in [0.2, 0.25) is 0 Å². The number of allylic oxidation sites excluding steroid dienone is 2. The predicted octanol–water partition coefficient (Wildman–Crippen LogP) is 2.02. The SMILES string of the molecule is CC1(C)C/C(=N/NC(N)=O)[C@@]2(C)CC=C[C@H]12. The molecule has 0 spiro atoms. The van der Waals surface area contributed by atoms with E-state index < -0.39 is 6.03 Å². The minimum absolute atomic E-state index is 0.0615. The zero-order valence-corrected chi connectivity index (χ0v) is 10.1. The molecule has 2 amide bonds. The van der Waals surface area contributed by atoms with Crippen LogP contribution in [0.25, 0.3) is 0 Å². The monoisotopic (exact) mass is 221 g/mol. The van der Waals surface area contributed by atoms with E-state index in [0.717, 1.165) is 18.6 Å². The van der Waals surface area contributed by atoms with Gasteiger partial charge in [-0.2, -0.15) is 5.10 Å². The van der Waals surface area contributed by atoms with Crippen LogP contribution in [-0.4, -0.2) is 11.7 Å². The highest BCUT2D eigenvalue weighted by Crippen LogP contribution is 2.57. The van der Waals surface area contributed by atoms with Crippen LogP contribution in [0, 0.1) is 16.7 Å². The van der Waals surface area contributed by atoms with E-state index in [1.165, 1.54) is 0 Å². The van der Waals surface area contributed by atoms with E-state index in [0.29, 0.717) is 5.92 Å². The van der Waals surface area contributed by atoms with Crippen molar-refractivity contribution in [3.63, 3.8) is 0 Å². The van der Waals surface area contributed by atoms with Gasteiger partial charge in [-0.3, -0.25) is 0 Å². The molecular weight excluding hydrogens is 202 g/mol. The Morgan fingerprint density at radius 1 is 1.56 bits per heavy atom. The van der Waals surface area contributed by atoms with Crippen molar-refractivity contribution in [2.24, 2.45) is 27.6 Å². The summed E-state index contributed by atoms with van der Waals surface area (Å²) in [7, 11) is 0. The molecule has 1 fully saturated rings. The van der Waals surface area contributed by atoms with Crippen LogP contribution in [0.4, 0.5) is 4.79 Å². The Balaban J connectivity index is 2.30. The van der Waals surface area contributed by atoms with Crippen LogP contribution in [0.1, 0.15) is 33.6 Å². The molecule has 4 nitrogen and oxygen atoms in total. The Morgan fingerprint density at radius 3 is 2.88 bits per heavy atom. The molecule has 0 aromatic rings. The smallest absolute Gasteiger partial charge is 0.332 e. The number of hydrazone groups is 1. The first kappa shape index (κ1) is 11.2. The summed E-state index contributed by atoms with van der Waals surface area (Å²) in [6.07, 6.45) is 6.41. The summed E-state index contributed by atoms with van der Waals surface area (Å²) in [5.41, 5.74) is 8.74. The summed E-state index contributed by atoms with van der Waals surface area (Å²) in [5.74, 6) is 0.508. The number of fused-ring (bicyclic) bond motifs is 1. The molecule has 2 aliphatic carbocycles. The maximum Gasteiger partial charge on any atom is 0.332 e. The summed E-state index contributed by atoms with van der Waals surface area (Å²) in [6, 6.07) is -0.594. The van der Waals surface area contributed by atoms with Crippen LogP contribution >= 0.6 is 0 Å². The molecule has 2 aliphatic rings. The third-order valence-electron chi connectivity index (χ3n) is 3.98. The Bertz CT molecular complexity index is 384. The number of hydrogen-bond acceptors (Lipinski definition) is 2. The van der Waals surface area contributed by atoms with Crippen LogP contribution in [0.15, 0.2) is 17.3 Å². The van der Waals surface area contributed by atoms with Crippen LogP contribution < -0.4 is 11.2 Å². The van der Waals surface area contributed by atoms with Gasteiger partial charge >= 0.3 is 6.03 Å². The molecular formula is C12H19N3O. The van der Waals surface area contributed by atoms with Gasteiger partial charge in [-0.15, -0.1) is 0 Å². The van der Waals surface area contributed by atoms with Gasteiger partial charge in [0.15, 0.2) is 0 Å². The number of urea groups is 1. The van der Waals surface area contributed by atoms with Crippen LogP contribution in [-0.2, 0) is 0 Å². The van der Waals surface area contributed by atoms with Crippen molar-refractivity contribution in [1.82, 2.24) is 5.43 Å².